The summed E-state index contributed by atoms with van der Waals surface area (Å²) in [5.41, 5.74) is -0.654. The number of carboxylic acid groups (broad SMARTS) is 1. The topological polar surface area (TPSA) is 40.5 Å². The number of benzene rings is 1. The van der Waals surface area contributed by atoms with Gasteiger partial charge >= 0.3 is 5.97 Å². The van der Waals surface area contributed by atoms with E-state index in [4.69, 9.17) is 5.11 Å². The molecule has 0 aliphatic rings. The van der Waals surface area contributed by atoms with Crippen LogP contribution in [0, 0.1) is 5.82 Å². The second-order valence-electron chi connectivity index (χ2n) is 3.21. The minimum absolute atomic E-state index is 0.0622. The lowest BCUT2D eigenvalue weighted by Gasteiger charge is -2.20. The average Bonchev–Trinajstić information content (AvgIpc) is 2.15. The molecule has 0 saturated carbocycles. The molecule has 0 radical (unpaired) electrons. The summed E-state index contributed by atoms with van der Waals surface area (Å²) in [4.78, 5) is 11.8. The quantitative estimate of drug-likeness (QED) is 0.866. The van der Waals surface area contributed by atoms with Crippen LogP contribution in [-0.2, 0) is 0 Å². The zero-order valence-electron chi connectivity index (χ0n) is 8.45. The molecule has 0 fully saturated rings. The maximum absolute atomic E-state index is 13.2. The Kier molecular flexibility index (Phi) is 3.76. The Hall–Kier alpha value is -1.72. The van der Waals surface area contributed by atoms with E-state index in [1.807, 2.05) is 0 Å². The smallest absolute Gasteiger partial charge is 0.340 e. The summed E-state index contributed by atoms with van der Waals surface area (Å²) in [6, 6.07) is 3.54. The number of halogens is 3. The van der Waals surface area contributed by atoms with E-state index in [1.165, 1.54) is 19.2 Å². The van der Waals surface area contributed by atoms with Crippen LogP contribution in [0.25, 0.3) is 0 Å². The number of carbonyl (C=O) groups is 1. The normalized spacial score (nSPS) is 10.6. The van der Waals surface area contributed by atoms with Crippen molar-refractivity contribution in [2.24, 2.45) is 0 Å². The highest BCUT2D eigenvalue weighted by molar-refractivity contribution is 5.94. The molecule has 0 saturated heterocycles. The van der Waals surface area contributed by atoms with Crippen molar-refractivity contribution >= 4 is 11.7 Å². The molecule has 0 heterocycles. The second kappa shape index (κ2) is 4.87. The number of rotatable bonds is 4. The van der Waals surface area contributed by atoms with Gasteiger partial charge in [0.05, 0.1) is 12.2 Å². The van der Waals surface area contributed by atoms with E-state index < -0.39 is 30.3 Å². The molecule has 1 aromatic carbocycles. The lowest BCUT2D eigenvalue weighted by molar-refractivity contribution is 0.0692. The first kappa shape index (κ1) is 12.4. The molecular weight excluding hydrogens is 223 g/mol. The van der Waals surface area contributed by atoms with Crippen LogP contribution in [0.4, 0.5) is 18.9 Å². The fourth-order valence-corrected chi connectivity index (χ4v) is 1.35. The molecule has 0 atom stereocenters. The predicted octanol–water partition coefficient (Wildman–Crippen LogP) is 2.23. The van der Waals surface area contributed by atoms with Crippen LogP contribution in [0.2, 0.25) is 0 Å². The first-order valence-corrected chi connectivity index (χ1v) is 4.44. The average molecular weight is 233 g/mol. The van der Waals surface area contributed by atoms with Gasteiger partial charge < -0.3 is 10.0 Å². The third-order valence-corrected chi connectivity index (χ3v) is 2.03. The molecule has 0 bridgehead atoms. The molecule has 0 aromatic heterocycles. The molecular formula is C10H10F3NO2. The van der Waals surface area contributed by atoms with E-state index in [2.05, 4.69) is 0 Å². The van der Waals surface area contributed by atoms with Crippen molar-refractivity contribution in [3.8, 4) is 0 Å². The largest absolute Gasteiger partial charge is 0.478 e. The van der Waals surface area contributed by atoms with Crippen molar-refractivity contribution in [1.29, 1.82) is 0 Å². The van der Waals surface area contributed by atoms with E-state index in [-0.39, 0.29) is 5.69 Å². The highest BCUT2D eigenvalue weighted by Crippen LogP contribution is 2.22. The minimum Gasteiger partial charge on any atom is -0.478 e. The van der Waals surface area contributed by atoms with Gasteiger partial charge in [0.25, 0.3) is 6.43 Å². The first-order chi connectivity index (χ1) is 7.43. The zero-order valence-corrected chi connectivity index (χ0v) is 8.45. The third kappa shape index (κ3) is 2.65. The van der Waals surface area contributed by atoms with Gasteiger partial charge in [-0.15, -0.1) is 0 Å². The Morgan fingerprint density at radius 1 is 1.50 bits per heavy atom. The molecule has 0 aliphatic heterocycles. The number of aromatic carboxylic acids is 1. The van der Waals surface area contributed by atoms with Crippen LogP contribution in [-0.4, -0.2) is 31.1 Å². The fourth-order valence-electron chi connectivity index (χ4n) is 1.35. The predicted molar refractivity (Wildman–Crippen MR) is 52.6 cm³/mol. The van der Waals surface area contributed by atoms with Crippen molar-refractivity contribution in [3.05, 3.63) is 29.6 Å². The molecule has 6 heteroatoms. The summed E-state index contributed by atoms with van der Waals surface area (Å²) in [7, 11) is 1.29. The van der Waals surface area contributed by atoms with Crippen molar-refractivity contribution in [1.82, 2.24) is 0 Å². The van der Waals surface area contributed by atoms with Crippen molar-refractivity contribution in [2.75, 3.05) is 18.5 Å². The van der Waals surface area contributed by atoms with Gasteiger partial charge in [0.1, 0.15) is 11.4 Å². The van der Waals surface area contributed by atoms with Crippen LogP contribution in [0.15, 0.2) is 18.2 Å². The summed E-state index contributed by atoms with van der Waals surface area (Å²) in [5.74, 6) is -2.42. The molecule has 1 aromatic rings. The Labute approximate surface area is 90.1 Å². The highest BCUT2D eigenvalue weighted by atomic mass is 19.3. The Bertz CT molecular complexity index is 396. The SMILES string of the molecule is CN(CC(F)F)c1cccc(F)c1C(=O)O. The van der Waals surface area contributed by atoms with Gasteiger partial charge in [0, 0.05) is 7.05 Å². The fraction of sp³-hybridized carbons (Fsp3) is 0.300. The number of nitrogens with zero attached hydrogens (tertiary/aromatic N) is 1. The van der Waals surface area contributed by atoms with E-state index in [0.29, 0.717) is 0 Å². The third-order valence-electron chi connectivity index (χ3n) is 2.03. The lowest BCUT2D eigenvalue weighted by atomic mass is 10.1. The summed E-state index contributed by atoms with van der Waals surface area (Å²) >= 11 is 0. The van der Waals surface area contributed by atoms with E-state index in [9.17, 15) is 18.0 Å². The van der Waals surface area contributed by atoms with Gasteiger partial charge in [0.2, 0.25) is 0 Å². The summed E-state index contributed by atoms with van der Waals surface area (Å²) < 4.78 is 37.4. The number of hydrogen-bond acceptors (Lipinski definition) is 2. The number of alkyl halides is 2. The van der Waals surface area contributed by atoms with Crippen molar-refractivity contribution < 1.29 is 23.1 Å². The van der Waals surface area contributed by atoms with Crippen LogP contribution in [0.5, 0.6) is 0 Å². The molecule has 0 spiro atoms. The van der Waals surface area contributed by atoms with Crippen molar-refractivity contribution in [3.63, 3.8) is 0 Å². The monoisotopic (exact) mass is 233 g/mol. The van der Waals surface area contributed by atoms with E-state index in [0.717, 1.165) is 11.0 Å². The van der Waals surface area contributed by atoms with Gasteiger partial charge in [-0.2, -0.15) is 0 Å². The molecule has 3 nitrogen and oxygen atoms in total. The summed E-state index contributed by atoms with van der Waals surface area (Å²) in [6.45, 7) is -0.649. The zero-order chi connectivity index (χ0) is 12.3. The number of hydrogen-bond donors (Lipinski definition) is 1. The second-order valence-corrected chi connectivity index (χ2v) is 3.21. The molecule has 1 rings (SSSR count). The highest BCUT2D eigenvalue weighted by Gasteiger charge is 2.19. The minimum atomic E-state index is -2.62. The van der Waals surface area contributed by atoms with Gasteiger partial charge in [-0.05, 0) is 12.1 Å². The first-order valence-electron chi connectivity index (χ1n) is 4.44. The van der Waals surface area contributed by atoms with Gasteiger partial charge in [0.15, 0.2) is 0 Å². The Morgan fingerprint density at radius 3 is 2.62 bits per heavy atom. The Balaban J connectivity index is 3.12. The van der Waals surface area contributed by atoms with Gasteiger partial charge in [-0.25, -0.2) is 18.0 Å². The molecule has 1 N–H and O–H groups in total. The van der Waals surface area contributed by atoms with Crippen LogP contribution in [0.1, 0.15) is 10.4 Å². The molecule has 0 aliphatic carbocycles. The van der Waals surface area contributed by atoms with Gasteiger partial charge in [-0.1, -0.05) is 6.07 Å². The maximum Gasteiger partial charge on any atom is 0.340 e. The van der Waals surface area contributed by atoms with Crippen LogP contribution in [0.3, 0.4) is 0 Å². The lowest BCUT2D eigenvalue weighted by Crippen LogP contribution is -2.26. The van der Waals surface area contributed by atoms with Gasteiger partial charge in [-0.3, -0.25) is 0 Å². The molecule has 0 unspecified atom stereocenters. The summed E-state index contributed by atoms with van der Waals surface area (Å²) in [5, 5.41) is 8.78. The van der Waals surface area contributed by atoms with Crippen LogP contribution < -0.4 is 4.90 Å². The standard InChI is InChI=1S/C10H10F3NO2/c1-14(5-8(12)13)7-4-2-3-6(11)9(7)10(15)16/h2-4,8H,5H2,1H3,(H,15,16). The molecule has 16 heavy (non-hydrogen) atoms. The molecule has 88 valence electrons. The van der Waals surface area contributed by atoms with Crippen LogP contribution >= 0.6 is 0 Å². The van der Waals surface area contributed by atoms with Crippen molar-refractivity contribution in [2.45, 2.75) is 6.43 Å². The Morgan fingerprint density at radius 2 is 2.12 bits per heavy atom. The number of carboxylic acids is 1. The van der Waals surface area contributed by atoms with E-state index >= 15 is 0 Å². The maximum atomic E-state index is 13.2. The number of anilines is 1. The summed E-state index contributed by atoms with van der Waals surface area (Å²) in [6.07, 6.45) is -2.62. The molecule has 0 amide bonds. The van der Waals surface area contributed by atoms with E-state index in [1.54, 1.807) is 0 Å².